The number of nitrogen functional groups attached to an aromatic ring is 1. The fraction of sp³-hybridized carbons (Fsp3) is 0.0588. The molecule has 0 fully saturated rings. The zero-order valence-corrected chi connectivity index (χ0v) is 24.2. The maximum absolute atomic E-state index is 12.9. The number of aromatic nitrogens is 7. The van der Waals surface area contributed by atoms with Gasteiger partial charge in [-0.25, -0.2) is 24.6 Å². The molecule has 4 N–H and O–H groups in total. The van der Waals surface area contributed by atoms with E-state index in [1.807, 2.05) is 71.3 Å². The Bertz CT molecular complexity index is 2150. The summed E-state index contributed by atoms with van der Waals surface area (Å²) in [4.78, 5) is 31.7. The third-order valence-corrected chi connectivity index (χ3v) is 7.33. The highest BCUT2D eigenvalue weighted by Crippen LogP contribution is 2.31. The predicted molar refractivity (Wildman–Crippen MR) is 171 cm³/mol. The molecule has 0 radical (unpaired) electrons. The normalized spacial score (nSPS) is 11.1. The van der Waals surface area contributed by atoms with E-state index in [9.17, 15) is 9.90 Å². The van der Waals surface area contributed by atoms with Crippen molar-refractivity contribution >= 4 is 22.9 Å². The van der Waals surface area contributed by atoms with E-state index in [0.717, 1.165) is 16.8 Å². The number of hydrogen-bond acceptors (Lipinski definition) is 8. The minimum absolute atomic E-state index is 0.0350. The van der Waals surface area contributed by atoms with Crippen molar-refractivity contribution < 1.29 is 9.90 Å². The number of imidazole rings is 1. The molecule has 5 heterocycles. The lowest BCUT2D eigenvalue weighted by molar-refractivity contribution is 0.0951. The number of hydrogen-bond donors (Lipinski definition) is 3. The van der Waals surface area contributed by atoms with Gasteiger partial charge in [0, 0.05) is 36.1 Å². The van der Waals surface area contributed by atoms with E-state index in [-0.39, 0.29) is 18.3 Å². The smallest absolute Gasteiger partial charge is 0.251 e. The third-order valence-electron chi connectivity index (χ3n) is 7.33. The van der Waals surface area contributed by atoms with Crippen LogP contribution in [0.4, 0.5) is 5.82 Å². The lowest BCUT2D eigenvalue weighted by Crippen LogP contribution is -2.22. The Morgan fingerprint density at radius 2 is 1.73 bits per heavy atom. The van der Waals surface area contributed by atoms with Gasteiger partial charge in [-0.3, -0.25) is 9.36 Å². The van der Waals surface area contributed by atoms with Gasteiger partial charge in [0.05, 0.1) is 22.6 Å². The average Bonchev–Trinajstić information content (AvgIpc) is 3.62. The molecule has 0 bridgehead atoms. The first-order valence-electron chi connectivity index (χ1n) is 14.2. The molecule has 11 nitrogen and oxygen atoms in total. The fourth-order valence-corrected chi connectivity index (χ4v) is 5.10. The van der Waals surface area contributed by atoms with Crippen LogP contribution in [-0.2, 0) is 6.54 Å². The van der Waals surface area contributed by atoms with Crippen LogP contribution >= 0.6 is 0 Å². The summed E-state index contributed by atoms with van der Waals surface area (Å²) in [7, 11) is 0. The molecule has 220 valence electrons. The summed E-state index contributed by atoms with van der Waals surface area (Å²) < 4.78 is 3.29. The molecule has 0 aliphatic carbocycles. The molecule has 2 aromatic carbocycles. The predicted octanol–water partition coefficient (Wildman–Crippen LogP) is 5.26. The molecule has 0 atom stereocenters. The number of rotatable bonds is 7. The van der Waals surface area contributed by atoms with Gasteiger partial charge in [0.15, 0.2) is 11.5 Å². The maximum atomic E-state index is 12.9. The van der Waals surface area contributed by atoms with E-state index in [2.05, 4.69) is 15.4 Å². The van der Waals surface area contributed by atoms with Gasteiger partial charge in [-0.1, -0.05) is 36.4 Å². The molecule has 45 heavy (non-hydrogen) atoms. The second-order valence-electron chi connectivity index (χ2n) is 10.4. The average molecular weight is 594 g/mol. The Labute approximate surface area is 257 Å². The van der Waals surface area contributed by atoms with E-state index in [1.54, 1.807) is 49.6 Å². The lowest BCUT2D eigenvalue weighted by Gasteiger charge is -2.11. The number of nitrogens with two attached hydrogens (primary N) is 1. The Morgan fingerprint density at radius 1 is 0.911 bits per heavy atom. The van der Waals surface area contributed by atoms with E-state index >= 15 is 0 Å². The number of nitrogens with one attached hydrogen (secondary N) is 1. The number of anilines is 1. The van der Waals surface area contributed by atoms with Crippen LogP contribution in [0.3, 0.4) is 0 Å². The Hall–Kier alpha value is -6.36. The number of benzene rings is 2. The molecule has 1 amide bonds. The molecule has 0 spiro atoms. The first-order valence-corrected chi connectivity index (χ1v) is 14.2. The molecule has 0 aliphatic heterocycles. The van der Waals surface area contributed by atoms with Crippen molar-refractivity contribution in [3.63, 3.8) is 0 Å². The minimum Gasteiger partial charge on any atom is -0.493 e. The third kappa shape index (κ3) is 5.34. The zero-order valence-electron chi connectivity index (χ0n) is 24.2. The van der Waals surface area contributed by atoms with Gasteiger partial charge in [0.1, 0.15) is 17.2 Å². The van der Waals surface area contributed by atoms with Gasteiger partial charge in [-0.2, -0.15) is 5.10 Å². The van der Waals surface area contributed by atoms with Crippen LogP contribution in [-0.4, -0.2) is 45.3 Å². The van der Waals surface area contributed by atoms with Crippen molar-refractivity contribution in [2.75, 3.05) is 5.73 Å². The van der Waals surface area contributed by atoms with Gasteiger partial charge in [0.2, 0.25) is 5.88 Å². The number of nitrogens with zero attached hydrogens (tertiary/aromatic N) is 7. The summed E-state index contributed by atoms with van der Waals surface area (Å²) in [6, 6.07) is 29.7. The van der Waals surface area contributed by atoms with E-state index in [0.29, 0.717) is 51.1 Å². The second kappa shape index (κ2) is 11.4. The SMILES string of the molecule is Cc1cc(O)n(-c2ccc(C(=O)NCc3ccc(-n4c(-c5cccnc5N)nc5ccc(-c6ccccc6)nc54)nc3)cc2)n1. The number of amides is 1. The van der Waals surface area contributed by atoms with Crippen molar-refractivity contribution in [2.24, 2.45) is 0 Å². The van der Waals surface area contributed by atoms with Crippen molar-refractivity contribution in [1.29, 1.82) is 0 Å². The standard InChI is InChI=1S/C34H27N9O2/c1-21-18-30(44)43(41-21)25-12-10-24(11-13-25)34(45)38-20-22-9-16-29(37-19-22)42-32(26-8-5-17-36-31(26)35)40-28-15-14-27(39-33(28)42)23-6-3-2-4-7-23/h2-19,44H,20H2,1H3,(H2,35,36)(H,38,45). The van der Waals surface area contributed by atoms with Crippen molar-refractivity contribution in [1.82, 2.24) is 39.6 Å². The Morgan fingerprint density at radius 3 is 2.44 bits per heavy atom. The molecular formula is C34H27N9O2. The molecule has 7 aromatic rings. The van der Waals surface area contributed by atoms with Gasteiger partial charge < -0.3 is 16.2 Å². The summed E-state index contributed by atoms with van der Waals surface area (Å²) in [5, 5.41) is 17.2. The van der Waals surface area contributed by atoms with Crippen LogP contribution in [0.2, 0.25) is 0 Å². The van der Waals surface area contributed by atoms with Crippen LogP contribution in [0.15, 0.2) is 109 Å². The summed E-state index contributed by atoms with van der Waals surface area (Å²) in [6.45, 7) is 2.07. The van der Waals surface area contributed by atoms with Gasteiger partial charge in [0.25, 0.3) is 5.91 Å². The van der Waals surface area contributed by atoms with Crippen LogP contribution in [0.25, 0.3) is 45.3 Å². The van der Waals surface area contributed by atoms with Crippen molar-refractivity contribution in [3.8, 4) is 40.0 Å². The lowest BCUT2D eigenvalue weighted by atomic mass is 10.1. The van der Waals surface area contributed by atoms with Gasteiger partial charge in [-0.05, 0) is 67.1 Å². The van der Waals surface area contributed by atoms with Crippen LogP contribution in [0.1, 0.15) is 21.6 Å². The Balaban J connectivity index is 1.16. The summed E-state index contributed by atoms with van der Waals surface area (Å²) in [5.74, 6) is 1.31. The van der Waals surface area contributed by atoms with Crippen LogP contribution < -0.4 is 11.1 Å². The zero-order chi connectivity index (χ0) is 30.9. The van der Waals surface area contributed by atoms with E-state index in [1.165, 1.54) is 4.68 Å². The first-order chi connectivity index (χ1) is 21.9. The largest absolute Gasteiger partial charge is 0.493 e. The number of carbonyl (C=O) groups is 1. The second-order valence-corrected chi connectivity index (χ2v) is 10.4. The molecule has 11 heteroatoms. The van der Waals surface area contributed by atoms with Crippen molar-refractivity contribution in [3.05, 3.63) is 126 Å². The summed E-state index contributed by atoms with van der Waals surface area (Å²) in [6.07, 6.45) is 3.35. The highest BCUT2D eigenvalue weighted by atomic mass is 16.3. The molecule has 0 unspecified atom stereocenters. The molecule has 0 saturated heterocycles. The number of aromatic hydroxyl groups is 1. The molecule has 5 aromatic heterocycles. The fourth-order valence-electron chi connectivity index (χ4n) is 5.10. The monoisotopic (exact) mass is 593 g/mol. The molecule has 0 saturated carbocycles. The first kappa shape index (κ1) is 27.5. The highest BCUT2D eigenvalue weighted by molar-refractivity contribution is 5.94. The molecule has 0 aliphatic rings. The number of carbonyl (C=O) groups excluding carboxylic acids is 1. The van der Waals surface area contributed by atoms with Crippen LogP contribution in [0.5, 0.6) is 5.88 Å². The van der Waals surface area contributed by atoms with E-state index in [4.69, 9.17) is 20.7 Å². The Kier molecular flexibility index (Phi) is 6.95. The molecular weight excluding hydrogens is 566 g/mol. The summed E-state index contributed by atoms with van der Waals surface area (Å²) >= 11 is 0. The number of pyridine rings is 3. The maximum Gasteiger partial charge on any atom is 0.251 e. The quantitative estimate of drug-likeness (QED) is 0.227. The van der Waals surface area contributed by atoms with Gasteiger partial charge in [-0.15, -0.1) is 0 Å². The number of aryl methyl sites for hydroxylation is 1. The van der Waals surface area contributed by atoms with Crippen LogP contribution in [0, 0.1) is 6.92 Å². The highest BCUT2D eigenvalue weighted by Gasteiger charge is 2.19. The topological polar surface area (TPSA) is 150 Å². The van der Waals surface area contributed by atoms with Gasteiger partial charge >= 0.3 is 0 Å². The summed E-state index contributed by atoms with van der Waals surface area (Å²) in [5.41, 5.74) is 12.7. The molecule has 7 rings (SSSR count). The number of fused-ring (bicyclic) bond motifs is 1. The minimum atomic E-state index is -0.237. The van der Waals surface area contributed by atoms with Crippen molar-refractivity contribution in [2.45, 2.75) is 13.5 Å². The van der Waals surface area contributed by atoms with E-state index < -0.39 is 0 Å².